The minimum atomic E-state index is -0.0594. The van der Waals surface area contributed by atoms with Crippen LogP contribution in [0.15, 0.2) is 5.51 Å². The lowest BCUT2D eigenvalue weighted by molar-refractivity contribution is -0.136. The average Bonchev–Trinajstić information content (AvgIpc) is 2.94. The molecule has 1 aromatic heterocycles. The molecule has 0 aliphatic carbocycles. The lowest BCUT2D eigenvalue weighted by atomic mass is 9.96. The van der Waals surface area contributed by atoms with Crippen LogP contribution in [-0.4, -0.2) is 52.8 Å². The largest absolute Gasteiger partial charge is 0.343 e. The fourth-order valence-electron chi connectivity index (χ4n) is 2.81. The number of aromatic nitrogens is 1. The number of hydrogen-bond acceptors (Lipinski definition) is 4. The molecule has 116 valence electrons. The number of thiazole rings is 1. The molecule has 6 heteroatoms. The predicted molar refractivity (Wildman–Crippen MR) is 83.4 cm³/mol. The van der Waals surface area contributed by atoms with Crippen molar-refractivity contribution >= 4 is 23.2 Å². The highest BCUT2D eigenvalue weighted by atomic mass is 32.1. The van der Waals surface area contributed by atoms with Crippen molar-refractivity contribution in [1.82, 2.24) is 14.8 Å². The number of aryl methyl sites for hydroxylation is 1. The normalized spacial score (nSPS) is 18.6. The Balaban J connectivity index is 2.05. The first kappa shape index (κ1) is 15.9. The Kier molecular flexibility index (Phi) is 5.33. The number of carbonyl (C=O) groups is 2. The van der Waals surface area contributed by atoms with Crippen LogP contribution in [0.5, 0.6) is 0 Å². The van der Waals surface area contributed by atoms with Gasteiger partial charge < -0.3 is 9.80 Å². The van der Waals surface area contributed by atoms with Crippen molar-refractivity contribution in [1.29, 1.82) is 0 Å². The molecule has 0 saturated carbocycles. The zero-order chi connectivity index (χ0) is 15.4. The molecule has 2 heterocycles. The molecule has 1 saturated heterocycles. The van der Waals surface area contributed by atoms with Crippen LogP contribution in [0, 0.1) is 12.8 Å². The van der Waals surface area contributed by atoms with Crippen LogP contribution >= 0.6 is 11.3 Å². The quantitative estimate of drug-likeness (QED) is 0.856. The summed E-state index contributed by atoms with van der Waals surface area (Å²) >= 11 is 1.38. The van der Waals surface area contributed by atoms with Gasteiger partial charge in [-0.1, -0.05) is 0 Å². The van der Waals surface area contributed by atoms with E-state index in [-0.39, 0.29) is 17.7 Å². The molecule has 0 spiro atoms. The maximum atomic E-state index is 12.5. The molecule has 5 nitrogen and oxygen atoms in total. The highest BCUT2D eigenvalue weighted by Crippen LogP contribution is 2.23. The first-order valence-corrected chi connectivity index (χ1v) is 8.44. The standard InChI is InChI=1S/C15H23N3O2S/c1-4-17(5-2)14(19)12-7-6-8-18(9-12)15(20)13-11(3)16-10-21-13/h10,12H,4-9H2,1-3H3. The van der Waals surface area contributed by atoms with Crippen molar-refractivity contribution in [3.63, 3.8) is 0 Å². The van der Waals surface area contributed by atoms with E-state index in [1.807, 2.05) is 30.6 Å². The number of piperidine rings is 1. The highest BCUT2D eigenvalue weighted by Gasteiger charge is 2.31. The molecule has 1 unspecified atom stereocenters. The smallest absolute Gasteiger partial charge is 0.265 e. The molecule has 21 heavy (non-hydrogen) atoms. The third kappa shape index (κ3) is 3.43. The number of amides is 2. The van der Waals surface area contributed by atoms with E-state index in [4.69, 9.17) is 0 Å². The van der Waals surface area contributed by atoms with Crippen LogP contribution in [0.4, 0.5) is 0 Å². The van der Waals surface area contributed by atoms with E-state index >= 15 is 0 Å². The summed E-state index contributed by atoms with van der Waals surface area (Å²) in [7, 11) is 0. The van der Waals surface area contributed by atoms with Crippen LogP contribution in [0.1, 0.15) is 42.1 Å². The molecule has 0 bridgehead atoms. The molecule has 1 aromatic rings. The van der Waals surface area contributed by atoms with Crippen molar-refractivity contribution < 1.29 is 9.59 Å². The van der Waals surface area contributed by atoms with Crippen LogP contribution in [0.2, 0.25) is 0 Å². The maximum Gasteiger partial charge on any atom is 0.265 e. The lowest BCUT2D eigenvalue weighted by Crippen LogP contribution is -2.46. The second kappa shape index (κ2) is 7.02. The number of carbonyl (C=O) groups excluding carboxylic acids is 2. The third-order valence-corrected chi connectivity index (χ3v) is 4.99. The SMILES string of the molecule is CCN(CC)C(=O)C1CCCN(C(=O)c2scnc2C)C1. The Morgan fingerprint density at radius 2 is 2.14 bits per heavy atom. The number of likely N-dealkylation sites (tertiary alicyclic amines) is 1. The summed E-state index contributed by atoms with van der Waals surface area (Å²) in [4.78, 5) is 33.5. The molecule has 1 fully saturated rings. The Morgan fingerprint density at radius 3 is 2.71 bits per heavy atom. The average molecular weight is 309 g/mol. The van der Waals surface area contributed by atoms with Crippen LogP contribution < -0.4 is 0 Å². The van der Waals surface area contributed by atoms with Crippen molar-refractivity contribution in [3.8, 4) is 0 Å². The Morgan fingerprint density at radius 1 is 1.43 bits per heavy atom. The summed E-state index contributed by atoms with van der Waals surface area (Å²) in [5, 5.41) is 0. The van der Waals surface area contributed by atoms with E-state index in [2.05, 4.69) is 4.98 Å². The van der Waals surface area contributed by atoms with E-state index in [1.165, 1.54) is 11.3 Å². The number of rotatable bonds is 4. The number of nitrogens with zero attached hydrogens (tertiary/aromatic N) is 3. The molecule has 0 radical (unpaired) electrons. The van der Waals surface area contributed by atoms with Gasteiger partial charge in [0.1, 0.15) is 4.88 Å². The van der Waals surface area contributed by atoms with Gasteiger partial charge in [-0.15, -0.1) is 11.3 Å². The summed E-state index contributed by atoms with van der Waals surface area (Å²) in [5.41, 5.74) is 2.48. The Labute approximate surface area is 130 Å². The van der Waals surface area contributed by atoms with Crippen molar-refractivity contribution in [2.45, 2.75) is 33.6 Å². The minimum Gasteiger partial charge on any atom is -0.343 e. The van der Waals surface area contributed by atoms with Gasteiger partial charge in [-0.25, -0.2) is 4.98 Å². The van der Waals surface area contributed by atoms with Gasteiger partial charge in [-0.05, 0) is 33.6 Å². The zero-order valence-corrected chi connectivity index (χ0v) is 13.8. The van der Waals surface area contributed by atoms with Crippen LogP contribution in [-0.2, 0) is 4.79 Å². The van der Waals surface area contributed by atoms with Gasteiger partial charge in [0.15, 0.2) is 0 Å². The highest BCUT2D eigenvalue weighted by molar-refractivity contribution is 7.11. The minimum absolute atomic E-state index is 0.0204. The Bertz CT molecular complexity index is 511. The summed E-state index contributed by atoms with van der Waals surface area (Å²) in [5.74, 6) is 0.140. The van der Waals surface area contributed by atoms with E-state index in [0.717, 1.165) is 38.2 Å². The molecule has 1 atom stereocenters. The van der Waals surface area contributed by atoms with Gasteiger partial charge in [-0.2, -0.15) is 0 Å². The van der Waals surface area contributed by atoms with Crippen LogP contribution in [0.25, 0.3) is 0 Å². The molecule has 0 N–H and O–H groups in total. The fraction of sp³-hybridized carbons (Fsp3) is 0.667. The molecule has 1 aliphatic heterocycles. The van der Waals surface area contributed by atoms with Gasteiger partial charge >= 0.3 is 0 Å². The zero-order valence-electron chi connectivity index (χ0n) is 13.0. The molecular weight excluding hydrogens is 286 g/mol. The van der Waals surface area contributed by atoms with E-state index < -0.39 is 0 Å². The summed E-state index contributed by atoms with van der Waals surface area (Å²) in [6, 6.07) is 0. The molecule has 1 aliphatic rings. The Hall–Kier alpha value is -1.43. The van der Waals surface area contributed by atoms with Gasteiger partial charge in [-0.3, -0.25) is 9.59 Å². The van der Waals surface area contributed by atoms with Gasteiger partial charge in [0.05, 0.1) is 17.1 Å². The molecule has 0 aromatic carbocycles. The molecule has 2 amide bonds. The third-order valence-electron chi connectivity index (χ3n) is 4.07. The summed E-state index contributed by atoms with van der Waals surface area (Å²) < 4.78 is 0. The van der Waals surface area contributed by atoms with Crippen LogP contribution in [0.3, 0.4) is 0 Å². The first-order valence-electron chi connectivity index (χ1n) is 7.56. The van der Waals surface area contributed by atoms with Gasteiger partial charge in [0.2, 0.25) is 5.91 Å². The summed E-state index contributed by atoms with van der Waals surface area (Å²) in [6.45, 7) is 8.57. The van der Waals surface area contributed by atoms with E-state index in [9.17, 15) is 9.59 Å². The second-order valence-corrected chi connectivity index (χ2v) is 6.22. The van der Waals surface area contributed by atoms with Crippen molar-refractivity contribution in [3.05, 3.63) is 16.1 Å². The maximum absolute atomic E-state index is 12.5. The monoisotopic (exact) mass is 309 g/mol. The van der Waals surface area contributed by atoms with Crippen molar-refractivity contribution in [2.75, 3.05) is 26.2 Å². The fourth-order valence-corrected chi connectivity index (χ4v) is 3.58. The van der Waals surface area contributed by atoms with E-state index in [0.29, 0.717) is 11.4 Å². The first-order chi connectivity index (χ1) is 10.1. The lowest BCUT2D eigenvalue weighted by Gasteiger charge is -2.34. The predicted octanol–water partition coefficient (Wildman–Crippen LogP) is 2.17. The van der Waals surface area contributed by atoms with Gasteiger partial charge in [0, 0.05) is 26.2 Å². The molecule has 2 rings (SSSR count). The van der Waals surface area contributed by atoms with E-state index in [1.54, 1.807) is 5.51 Å². The van der Waals surface area contributed by atoms with Gasteiger partial charge in [0.25, 0.3) is 5.91 Å². The second-order valence-electron chi connectivity index (χ2n) is 5.37. The molecular formula is C15H23N3O2S. The number of hydrogen-bond donors (Lipinski definition) is 0. The summed E-state index contributed by atoms with van der Waals surface area (Å²) in [6.07, 6.45) is 1.77. The topological polar surface area (TPSA) is 53.5 Å². The van der Waals surface area contributed by atoms with Crippen molar-refractivity contribution in [2.24, 2.45) is 5.92 Å².